The molecule has 1 unspecified atom stereocenters. The SMILES string of the molecule is CCCCn1cc[n+](CC(C)n2cc[n+](CCCC)c2)c1. The van der Waals surface area contributed by atoms with Gasteiger partial charge in [0.15, 0.2) is 0 Å². The Bertz CT molecular complexity index is 526. The van der Waals surface area contributed by atoms with E-state index in [1.807, 2.05) is 0 Å². The van der Waals surface area contributed by atoms with E-state index in [4.69, 9.17) is 0 Å². The lowest BCUT2D eigenvalue weighted by molar-refractivity contribution is -0.704. The molecule has 0 saturated heterocycles. The Hall–Kier alpha value is -1.58. The number of hydrogen-bond acceptors (Lipinski definition) is 0. The molecule has 0 fully saturated rings. The summed E-state index contributed by atoms with van der Waals surface area (Å²) in [4.78, 5) is 0. The van der Waals surface area contributed by atoms with Gasteiger partial charge in [-0.15, -0.1) is 0 Å². The second kappa shape index (κ2) is 8.01. The second-order valence-electron chi connectivity index (χ2n) is 6.00. The molecule has 116 valence electrons. The minimum atomic E-state index is 0.472. The van der Waals surface area contributed by atoms with Crippen LogP contribution in [0.3, 0.4) is 0 Å². The first-order valence-electron chi connectivity index (χ1n) is 8.34. The van der Waals surface area contributed by atoms with Crippen molar-refractivity contribution in [2.24, 2.45) is 0 Å². The van der Waals surface area contributed by atoms with Crippen molar-refractivity contribution in [2.45, 2.75) is 72.1 Å². The summed E-state index contributed by atoms with van der Waals surface area (Å²) in [5, 5.41) is 0. The molecule has 0 aliphatic heterocycles. The molecule has 2 heterocycles. The Labute approximate surface area is 128 Å². The standard InChI is InChI=1S/C17H30N4/c1-4-6-8-18-10-11-20(15-18)14-17(3)21-13-12-19(16-21)9-7-5-2/h10-13,15-17H,4-9,14H2,1-3H3/q+2. The molecule has 2 rings (SSSR count). The maximum atomic E-state index is 2.31. The van der Waals surface area contributed by atoms with E-state index in [9.17, 15) is 0 Å². The van der Waals surface area contributed by atoms with E-state index in [0.717, 1.165) is 19.6 Å². The fourth-order valence-electron chi connectivity index (χ4n) is 2.56. The molecule has 0 saturated carbocycles. The highest BCUT2D eigenvalue weighted by atomic mass is 15.2. The molecule has 1 atom stereocenters. The lowest BCUT2D eigenvalue weighted by Crippen LogP contribution is -2.36. The minimum Gasteiger partial charge on any atom is -0.237 e. The average molecular weight is 290 g/mol. The largest absolute Gasteiger partial charge is 0.244 e. The van der Waals surface area contributed by atoms with Crippen molar-refractivity contribution in [1.29, 1.82) is 0 Å². The highest BCUT2D eigenvalue weighted by molar-refractivity contribution is 4.72. The van der Waals surface area contributed by atoms with Crippen molar-refractivity contribution < 1.29 is 9.13 Å². The highest BCUT2D eigenvalue weighted by Gasteiger charge is 2.15. The van der Waals surface area contributed by atoms with Gasteiger partial charge in [0.2, 0.25) is 12.7 Å². The van der Waals surface area contributed by atoms with Crippen LogP contribution in [0.25, 0.3) is 0 Å². The number of imidazole rings is 2. The third-order valence-corrected chi connectivity index (χ3v) is 3.98. The van der Waals surface area contributed by atoms with Crippen molar-refractivity contribution in [3.8, 4) is 0 Å². The summed E-state index contributed by atoms with van der Waals surface area (Å²) >= 11 is 0. The zero-order valence-electron chi connectivity index (χ0n) is 13.8. The predicted molar refractivity (Wildman–Crippen MR) is 83.8 cm³/mol. The first kappa shape index (κ1) is 15.8. The van der Waals surface area contributed by atoms with Gasteiger partial charge in [0.1, 0.15) is 37.4 Å². The van der Waals surface area contributed by atoms with Crippen molar-refractivity contribution >= 4 is 0 Å². The number of aromatic nitrogens is 4. The van der Waals surface area contributed by atoms with E-state index in [-0.39, 0.29) is 0 Å². The Balaban J connectivity index is 1.89. The summed E-state index contributed by atoms with van der Waals surface area (Å²) in [6.45, 7) is 10.0. The molecule has 4 heteroatoms. The normalized spacial score (nSPS) is 12.7. The van der Waals surface area contributed by atoms with Crippen LogP contribution in [0, 0.1) is 0 Å². The summed E-state index contributed by atoms with van der Waals surface area (Å²) in [6, 6.07) is 0.472. The summed E-state index contributed by atoms with van der Waals surface area (Å²) in [5.41, 5.74) is 0. The van der Waals surface area contributed by atoms with Crippen LogP contribution in [0.5, 0.6) is 0 Å². The van der Waals surface area contributed by atoms with Crippen molar-refractivity contribution in [1.82, 2.24) is 9.13 Å². The molecule has 0 aliphatic carbocycles. The molecule has 0 radical (unpaired) electrons. The molecule has 0 aromatic carbocycles. The van der Waals surface area contributed by atoms with Gasteiger partial charge >= 0.3 is 0 Å². The molecule has 21 heavy (non-hydrogen) atoms. The third-order valence-electron chi connectivity index (χ3n) is 3.98. The van der Waals surface area contributed by atoms with Gasteiger partial charge in [-0.05, 0) is 19.8 Å². The van der Waals surface area contributed by atoms with Crippen LogP contribution in [0.2, 0.25) is 0 Å². The summed E-state index contributed by atoms with van der Waals surface area (Å²) in [5.74, 6) is 0. The first-order chi connectivity index (χ1) is 10.2. The Kier molecular flexibility index (Phi) is 6.03. The number of hydrogen-bond donors (Lipinski definition) is 0. The monoisotopic (exact) mass is 290 g/mol. The molecular weight excluding hydrogens is 260 g/mol. The molecule has 0 N–H and O–H groups in total. The molecule has 2 aromatic heterocycles. The Morgan fingerprint density at radius 3 is 2.48 bits per heavy atom. The van der Waals surface area contributed by atoms with Gasteiger partial charge in [-0.3, -0.25) is 0 Å². The average Bonchev–Trinajstić information content (AvgIpc) is 3.12. The first-order valence-corrected chi connectivity index (χ1v) is 8.34. The van der Waals surface area contributed by atoms with E-state index >= 15 is 0 Å². The van der Waals surface area contributed by atoms with Crippen LogP contribution in [-0.4, -0.2) is 9.13 Å². The fraction of sp³-hybridized carbons (Fsp3) is 0.647. The van der Waals surface area contributed by atoms with E-state index in [1.165, 1.54) is 25.7 Å². The lowest BCUT2D eigenvalue weighted by Gasteiger charge is -2.04. The van der Waals surface area contributed by atoms with Crippen LogP contribution >= 0.6 is 0 Å². The van der Waals surface area contributed by atoms with Crippen LogP contribution in [0.1, 0.15) is 52.5 Å². The van der Waals surface area contributed by atoms with E-state index in [2.05, 4.69) is 76.5 Å². The van der Waals surface area contributed by atoms with Gasteiger partial charge in [-0.25, -0.2) is 18.3 Å². The molecule has 0 aliphatic rings. The third kappa shape index (κ3) is 4.73. The number of aryl methyl sites for hydroxylation is 2. The van der Waals surface area contributed by atoms with Crippen LogP contribution < -0.4 is 9.13 Å². The molecule has 0 amide bonds. The Morgan fingerprint density at radius 2 is 1.71 bits per heavy atom. The quantitative estimate of drug-likeness (QED) is 0.632. The molecule has 0 spiro atoms. The van der Waals surface area contributed by atoms with Gasteiger partial charge in [0.25, 0.3) is 0 Å². The number of nitrogens with zero attached hydrogens (tertiary/aromatic N) is 4. The second-order valence-corrected chi connectivity index (χ2v) is 6.00. The van der Waals surface area contributed by atoms with Crippen molar-refractivity contribution in [2.75, 3.05) is 0 Å². The number of unbranched alkanes of at least 4 members (excludes halogenated alkanes) is 2. The lowest BCUT2D eigenvalue weighted by atomic mass is 10.3. The topological polar surface area (TPSA) is 17.6 Å². The van der Waals surface area contributed by atoms with E-state index in [0.29, 0.717) is 6.04 Å². The smallest absolute Gasteiger partial charge is 0.237 e. The van der Waals surface area contributed by atoms with Gasteiger partial charge < -0.3 is 0 Å². The Morgan fingerprint density at radius 1 is 0.952 bits per heavy atom. The van der Waals surface area contributed by atoms with Crippen molar-refractivity contribution in [3.05, 3.63) is 37.4 Å². The molecule has 2 aromatic rings. The van der Waals surface area contributed by atoms with E-state index in [1.54, 1.807) is 0 Å². The van der Waals surface area contributed by atoms with Gasteiger partial charge in [-0.2, -0.15) is 0 Å². The van der Waals surface area contributed by atoms with Gasteiger partial charge in [-0.1, -0.05) is 26.7 Å². The van der Waals surface area contributed by atoms with Gasteiger partial charge in [0, 0.05) is 0 Å². The zero-order chi connectivity index (χ0) is 15.1. The maximum absolute atomic E-state index is 2.31. The molecule has 0 bridgehead atoms. The zero-order valence-corrected chi connectivity index (χ0v) is 13.8. The van der Waals surface area contributed by atoms with Crippen LogP contribution in [-0.2, 0) is 19.6 Å². The van der Waals surface area contributed by atoms with Crippen molar-refractivity contribution in [3.63, 3.8) is 0 Å². The maximum Gasteiger partial charge on any atom is 0.244 e. The molecule has 4 nitrogen and oxygen atoms in total. The fourth-order valence-corrected chi connectivity index (χ4v) is 2.56. The summed E-state index contributed by atoms with van der Waals surface area (Å²) < 4.78 is 9.17. The van der Waals surface area contributed by atoms with Crippen LogP contribution in [0.4, 0.5) is 0 Å². The predicted octanol–water partition coefficient (Wildman–Crippen LogP) is 2.73. The number of rotatable bonds is 9. The molecular formula is C17H30N4+2. The summed E-state index contributed by atoms with van der Waals surface area (Å²) in [7, 11) is 0. The highest BCUT2D eigenvalue weighted by Crippen LogP contribution is 2.04. The van der Waals surface area contributed by atoms with Gasteiger partial charge in [0.05, 0.1) is 13.1 Å². The summed E-state index contributed by atoms with van der Waals surface area (Å²) in [6.07, 6.45) is 18.2. The van der Waals surface area contributed by atoms with Crippen LogP contribution in [0.15, 0.2) is 37.4 Å². The van der Waals surface area contributed by atoms with E-state index < -0.39 is 0 Å². The minimum absolute atomic E-state index is 0.472.